The van der Waals surface area contributed by atoms with Gasteiger partial charge in [-0.15, -0.1) is 0 Å². The maximum Gasteiger partial charge on any atom is 0.319 e. The van der Waals surface area contributed by atoms with Crippen LogP contribution in [0, 0.1) is 0 Å². The Morgan fingerprint density at radius 1 is 1.15 bits per heavy atom. The molecular formula is C19H30N4O3. The zero-order chi connectivity index (χ0) is 19.0. The molecule has 0 atom stereocenters. The molecule has 3 amide bonds. The lowest BCUT2D eigenvalue weighted by Gasteiger charge is -2.26. The Morgan fingerprint density at radius 3 is 2.42 bits per heavy atom. The minimum Gasteiger partial charge on any atom is -0.379 e. The summed E-state index contributed by atoms with van der Waals surface area (Å²) >= 11 is 0. The molecule has 2 rings (SSSR count). The minimum absolute atomic E-state index is 0.113. The Bertz CT molecular complexity index is 595. The van der Waals surface area contributed by atoms with E-state index in [2.05, 4.69) is 20.9 Å². The van der Waals surface area contributed by atoms with Gasteiger partial charge in [0.05, 0.1) is 13.2 Å². The van der Waals surface area contributed by atoms with E-state index in [1.807, 2.05) is 20.8 Å². The summed E-state index contributed by atoms with van der Waals surface area (Å²) in [6.07, 6.45) is 0.850. The van der Waals surface area contributed by atoms with Crippen LogP contribution in [0.4, 0.5) is 10.5 Å². The molecule has 1 aliphatic rings. The second kappa shape index (κ2) is 9.54. The lowest BCUT2D eigenvalue weighted by molar-refractivity contribution is 0.0388. The van der Waals surface area contributed by atoms with Crippen LogP contribution in [-0.2, 0) is 4.74 Å². The molecule has 7 heteroatoms. The lowest BCUT2D eigenvalue weighted by atomic mass is 10.0. The average Bonchev–Trinajstić information content (AvgIpc) is 2.63. The third-order valence-electron chi connectivity index (χ3n) is 4.56. The van der Waals surface area contributed by atoms with Gasteiger partial charge >= 0.3 is 6.03 Å². The van der Waals surface area contributed by atoms with Crippen molar-refractivity contribution in [3.63, 3.8) is 0 Å². The number of rotatable bonds is 7. The number of carbonyl (C=O) groups is 2. The molecule has 7 nitrogen and oxygen atoms in total. The SMILES string of the molecule is CCC(C)(C)NC(=O)c1ccc(NC(=O)NCCN2CCOCC2)cc1. The standard InChI is InChI=1S/C19H30N4O3/c1-4-19(2,3)22-17(24)15-5-7-16(8-6-15)21-18(25)20-9-10-23-11-13-26-14-12-23/h5-8H,4,9-14H2,1-3H3,(H,22,24)(H2,20,21,25). The lowest BCUT2D eigenvalue weighted by Crippen LogP contribution is -2.42. The number of nitrogens with one attached hydrogen (secondary N) is 3. The summed E-state index contributed by atoms with van der Waals surface area (Å²) < 4.78 is 5.30. The van der Waals surface area contributed by atoms with E-state index in [-0.39, 0.29) is 17.5 Å². The molecule has 1 aromatic carbocycles. The first-order valence-electron chi connectivity index (χ1n) is 9.17. The zero-order valence-corrected chi connectivity index (χ0v) is 15.9. The highest BCUT2D eigenvalue weighted by molar-refractivity contribution is 5.95. The first kappa shape index (κ1) is 20.2. The highest BCUT2D eigenvalue weighted by Crippen LogP contribution is 2.12. The van der Waals surface area contributed by atoms with Crippen molar-refractivity contribution < 1.29 is 14.3 Å². The normalized spacial score (nSPS) is 15.3. The van der Waals surface area contributed by atoms with Gasteiger partial charge in [0.15, 0.2) is 0 Å². The van der Waals surface area contributed by atoms with E-state index < -0.39 is 0 Å². The number of benzene rings is 1. The van der Waals surface area contributed by atoms with Crippen LogP contribution in [0.2, 0.25) is 0 Å². The van der Waals surface area contributed by atoms with E-state index >= 15 is 0 Å². The van der Waals surface area contributed by atoms with Gasteiger partial charge < -0.3 is 20.7 Å². The summed E-state index contributed by atoms with van der Waals surface area (Å²) in [7, 11) is 0. The van der Waals surface area contributed by atoms with Crippen LogP contribution in [0.15, 0.2) is 24.3 Å². The van der Waals surface area contributed by atoms with Crippen molar-refractivity contribution in [2.45, 2.75) is 32.7 Å². The quantitative estimate of drug-likeness (QED) is 0.693. The van der Waals surface area contributed by atoms with E-state index in [1.54, 1.807) is 24.3 Å². The number of hydrogen-bond acceptors (Lipinski definition) is 4. The van der Waals surface area contributed by atoms with Crippen LogP contribution in [0.5, 0.6) is 0 Å². The van der Waals surface area contributed by atoms with Crippen molar-refractivity contribution in [3.8, 4) is 0 Å². The minimum atomic E-state index is -0.248. The van der Waals surface area contributed by atoms with Crippen molar-refractivity contribution in [1.29, 1.82) is 0 Å². The summed E-state index contributed by atoms with van der Waals surface area (Å²) in [5, 5.41) is 8.61. The number of morpholine rings is 1. The van der Waals surface area contributed by atoms with Crippen LogP contribution in [-0.4, -0.2) is 61.8 Å². The molecule has 1 heterocycles. The van der Waals surface area contributed by atoms with Gasteiger partial charge in [0.1, 0.15) is 0 Å². The van der Waals surface area contributed by atoms with Crippen molar-refractivity contribution in [2.24, 2.45) is 0 Å². The maximum absolute atomic E-state index is 12.2. The van der Waals surface area contributed by atoms with E-state index in [4.69, 9.17) is 4.74 Å². The number of ether oxygens (including phenoxy) is 1. The number of anilines is 1. The van der Waals surface area contributed by atoms with Gasteiger partial charge in [0, 0.05) is 43.0 Å². The molecule has 144 valence electrons. The first-order valence-corrected chi connectivity index (χ1v) is 9.17. The number of hydrogen-bond donors (Lipinski definition) is 3. The highest BCUT2D eigenvalue weighted by atomic mass is 16.5. The van der Waals surface area contributed by atoms with Gasteiger partial charge in [0.25, 0.3) is 5.91 Å². The molecule has 0 bridgehead atoms. The Kier molecular flexibility index (Phi) is 7.41. The summed E-state index contributed by atoms with van der Waals surface area (Å²) in [5.41, 5.74) is 0.985. The summed E-state index contributed by atoms with van der Waals surface area (Å²) in [4.78, 5) is 26.4. The van der Waals surface area contributed by atoms with Gasteiger partial charge in [-0.2, -0.15) is 0 Å². The number of urea groups is 1. The van der Waals surface area contributed by atoms with Gasteiger partial charge in [-0.05, 0) is 44.5 Å². The number of amides is 3. The predicted octanol–water partition coefficient (Wildman–Crippen LogP) is 2.06. The molecule has 0 saturated carbocycles. The molecule has 0 radical (unpaired) electrons. The van der Waals surface area contributed by atoms with Gasteiger partial charge in [-0.25, -0.2) is 4.79 Å². The second-order valence-corrected chi connectivity index (χ2v) is 7.10. The maximum atomic E-state index is 12.2. The van der Waals surface area contributed by atoms with E-state index in [0.29, 0.717) is 17.8 Å². The van der Waals surface area contributed by atoms with Crippen molar-refractivity contribution in [3.05, 3.63) is 29.8 Å². The summed E-state index contributed by atoms with van der Waals surface area (Å²) in [5.74, 6) is -0.113. The average molecular weight is 362 g/mol. The largest absolute Gasteiger partial charge is 0.379 e. The van der Waals surface area contributed by atoms with Crippen LogP contribution in [0.1, 0.15) is 37.6 Å². The fourth-order valence-electron chi connectivity index (χ4n) is 2.50. The molecule has 3 N–H and O–H groups in total. The molecular weight excluding hydrogens is 332 g/mol. The Morgan fingerprint density at radius 2 is 1.81 bits per heavy atom. The number of nitrogens with zero attached hydrogens (tertiary/aromatic N) is 1. The molecule has 0 unspecified atom stereocenters. The van der Waals surface area contributed by atoms with Crippen LogP contribution >= 0.6 is 0 Å². The topological polar surface area (TPSA) is 82.7 Å². The monoisotopic (exact) mass is 362 g/mol. The fraction of sp³-hybridized carbons (Fsp3) is 0.579. The number of carbonyl (C=O) groups excluding carboxylic acids is 2. The third-order valence-corrected chi connectivity index (χ3v) is 4.56. The predicted molar refractivity (Wildman–Crippen MR) is 103 cm³/mol. The van der Waals surface area contributed by atoms with Crippen molar-refractivity contribution >= 4 is 17.6 Å². The van der Waals surface area contributed by atoms with E-state index in [9.17, 15) is 9.59 Å². The van der Waals surface area contributed by atoms with Gasteiger partial charge in [0.2, 0.25) is 0 Å². The highest BCUT2D eigenvalue weighted by Gasteiger charge is 2.18. The van der Waals surface area contributed by atoms with Gasteiger partial charge in [-0.3, -0.25) is 9.69 Å². The van der Waals surface area contributed by atoms with Crippen LogP contribution in [0.3, 0.4) is 0 Å². The summed E-state index contributed by atoms with van der Waals surface area (Å²) in [6, 6.07) is 6.64. The van der Waals surface area contributed by atoms with Crippen LogP contribution in [0.25, 0.3) is 0 Å². The smallest absolute Gasteiger partial charge is 0.319 e. The van der Waals surface area contributed by atoms with Gasteiger partial charge in [-0.1, -0.05) is 6.92 Å². The molecule has 0 aromatic heterocycles. The molecule has 1 saturated heterocycles. The molecule has 26 heavy (non-hydrogen) atoms. The molecule has 1 aromatic rings. The Hall–Kier alpha value is -2.12. The van der Waals surface area contributed by atoms with E-state index in [0.717, 1.165) is 39.3 Å². The second-order valence-electron chi connectivity index (χ2n) is 7.10. The van der Waals surface area contributed by atoms with Crippen molar-refractivity contribution in [2.75, 3.05) is 44.7 Å². The zero-order valence-electron chi connectivity index (χ0n) is 15.9. The fourth-order valence-corrected chi connectivity index (χ4v) is 2.50. The molecule has 0 spiro atoms. The van der Waals surface area contributed by atoms with Crippen LogP contribution < -0.4 is 16.0 Å². The third kappa shape index (κ3) is 6.65. The molecule has 0 aliphatic carbocycles. The summed E-state index contributed by atoms with van der Waals surface area (Å²) in [6.45, 7) is 10.7. The molecule has 1 aliphatic heterocycles. The molecule has 1 fully saturated rings. The first-order chi connectivity index (χ1) is 12.4. The van der Waals surface area contributed by atoms with E-state index in [1.165, 1.54) is 0 Å². The van der Waals surface area contributed by atoms with Crippen molar-refractivity contribution in [1.82, 2.24) is 15.5 Å². The Balaban J connectivity index is 1.75. The Labute approximate surface area is 155 Å².